The van der Waals surface area contributed by atoms with Crippen LogP contribution in [0.5, 0.6) is 0 Å². The van der Waals surface area contributed by atoms with Gasteiger partial charge in [-0.15, -0.1) is 0 Å². The maximum Gasteiger partial charge on any atom is 0.125 e. The summed E-state index contributed by atoms with van der Waals surface area (Å²) >= 11 is 0. The Morgan fingerprint density at radius 2 is 1.95 bits per heavy atom. The van der Waals surface area contributed by atoms with Gasteiger partial charge in [-0.1, -0.05) is 29.8 Å². The van der Waals surface area contributed by atoms with Crippen LogP contribution in [0.25, 0.3) is 0 Å². The molecule has 1 atom stereocenters. The molecule has 2 aromatic carbocycles. The van der Waals surface area contributed by atoms with E-state index < -0.39 is 6.10 Å². The molecule has 0 spiro atoms. The molecule has 19 heavy (non-hydrogen) atoms. The van der Waals surface area contributed by atoms with E-state index in [9.17, 15) is 9.50 Å². The van der Waals surface area contributed by atoms with Crippen molar-refractivity contribution in [2.75, 3.05) is 11.9 Å². The van der Waals surface area contributed by atoms with Crippen LogP contribution >= 0.6 is 0 Å². The summed E-state index contributed by atoms with van der Waals surface area (Å²) in [6, 6.07) is 12.2. The second-order valence-electron chi connectivity index (χ2n) is 4.77. The molecular weight excluding hydrogens is 241 g/mol. The Morgan fingerprint density at radius 3 is 2.63 bits per heavy atom. The molecule has 2 aromatic rings. The summed E-state index contributed by atoms with van der Waals surface area (Å²) in [5, 5.41) is 13.2. The average molecular weight is 259 g/mol. The molecule has 0 fully saturated rings. The lowest BCUT2D eigenvalue weighted by molar-refractivity contribution is 0.191. The first-order chi connectivity index (χ1) is 9.06. The van der Waals surface area contributed by atoms with Gasteiger partial charge in [-0.05, 0) is 43.2 Å². The molecule has 0 aliphatic heterocycles. The fraction of sp³-hybridized carbons (Fsp3) is 0.250. The number of nitrogens with one attached hydrogen (secondary N) is 1. The van der Waals surface area contributed by atoms with Crippen LogP contribution in [0.2, 0.25) is 0 Å². The first-order valence-corrected chi connectivity index (χ1v) is 6.31. The number of aryl methyl sites for hydroxylation is 2. The Morgan fingerprint density at radius 1 is 1.16 bits per heavy atom. The van der Waals surface area contributed by atoms with Crippen molar-refractivity contribution in [2.45, 2.75) is 20.0 Å². The van der Waals surface area contributed by atoms with Gasteiger partial charge in [0.2, 0.25) is 0 Å². The molecule has 0 saturated carbocycles. The third-order valence-corrected chi connectivity index (χ3v) is 3.11. The summed E-state index contributed by atoms with van der Waals surface area (Å²) in [6.45, 7) is 4.36. The number of aliphatic hydroxyl groups is 1. The zero-order valence-electron chi connectivity index (χ0n) is 11.2. The summed E-state index contributed by atoms with van der Waals surface area (Å²) in [7, 11) is 0. The fourth-order valence-electron chi connectivity index (χ4n) is 2.12. The van der Waals surface area contributed by atoms with Crippen molar-refractivity contribution in [1.29, 1.82) is 0 Å². The normalized spacial score (nSPS) is 12.2. The largest absolute Gasteiger partial charge is 0.387 e. The second-order valence-corrected chi connectivity index (χ2v) is 4.77. The lowest BCUT2D eigenvalue weighted by Crippen LogP contribution is -2.13. The highest BCUT2D eigenvalue weighted by atomic mass is 19.1. The van der Waals surface area contributed by atoms with Crippen molar-refractivity contribution < 1.29 is 9.50 Å². The summed E-state index contributed by atoms with van der Waals surface area (Å²) in [5.74, 6) is -0.286. The van der Waals surface area contributed by atoms with Crippen LogP contribution in [0.3, 0.4) is 0 Å². The van der Waals surface area contributed by atoms with Gasteiger partial charge in [-0.25, -0.2) is 4.39 Å². The van der Waals surface area contributed by atoms with Gasteiger partial charge in [-0.3, -0.25) is 0 Å². The Hall–Kier alpha value is -1.87. The maximum atomic E-state index is 13.0. The first kappa shape index (κ1) is 13.6. The highest BCUT2D eigenvalue weighted by Crippen LogP contribution is 2.20. The molecule has 0 bridgehead atoms. The van der Waals surface area contributed by atoms with E-state index in [4.69, 9.17) is 0 Å². The van der Waals surface area contributed by atoms with Gasteiger partial charge in [0, 0.05) is 12.2 Å². The van der Waals surface area contributed by atoms with Crippen LogP contribution in [-0.2, 0) is 0 Å². The minimum Gasteiger partial charge on any atom is -0.387 e. The molecule has 2 nitrogen and oxygen atoms in total. The van der Waals surface area contributed by atoms with Crippen LogP contribution in [-0.4, -0.2) is 11.7 Å². The molecule has 2 N–H and O–H groups in total. The number of rotatable bonds is 4. The van der Waals surface area contributed by atoms with E-state index in [1.54, 1.807) is 12.1 Å². The number of aliphatic hydroxyl groups excluding tert-OH is 1. The number of halogens is 1. The van der Waals surface area contributed by atoms with Crippen molar-refractivity contribution in [2.24, 2.45) is 0 Å². The number of anilines is 1. The standard InChI is InChI=1S/C16H18FNO/c1-11-6-7-15(12(2)8-11)16(19)10-18-14-5-3-4-13(17)9-14/h3-9,16,18-19H,10H2,1-2H3. The van der Waals surface area contributed by atoms with Crippen molar-refractivity contribution in [3.05, 3.63) is 65.0 Å². The fourth-order valence-corrected chi connectivity index (χ4v) is 2.12. The second kappa shape index (κ2) is 5.85. The van der Waals surface area contributed by atoms with E-state index in [0.717, 1.165) is 11.1 Å². The van der Waals surface area contributed by atoms with Crippen molar-refractivity contribution >= 4 is 5.69 Å². The summed E-state index contributed by atoms with van der Waals surface area (Å²) in [6.07, 6.45) is -0.608. The Kier molecular flexibility index (Phi) is 4.17. The molecule has 0 heterocycles. The molecule has 0 aliphatic carbocycles. The summed E-state index contributed by atoms with van der Waals surface area (Å²) in [4.78, 5) is 0. The SMILES string of the molecule is Cc1ccc(C(O)CNc2cccc(F)c2)c(C)c1. The number of hydrogen-bond donors (Lipinski definition) is 2. The Labute approximate surface area is 112 Å². The molecule has 0 aliphatic rings. The monoisotopic (exact) mass is 259 g/mol. The number of benzene rings is 2. The van der Waals surface area contributed by atoms with Gasteiger partial charge < -0.3 is 10.4 Å². The zero-order chi connectivity index (χ0) is 13.8. The molecule has 0 saturated heterocycles. The highest BCUT2D eigenvalue weighted by molar-refractivity contribution is 5.43. The molecule has 3 heteroatoms. The van der Waals surface area contributed by atoms with Gasteiger partial charge in [0.05, 0.1) is 6.10 Å². The molecular formula is C16H18FNO. The van der Waals surface area contributed by atoms with E-state index >= 15 is 0 Å². The number of hydrogen-bond acceptors (Lipinski definition) is 2. The molecule has 0 amide bonds. The quantitative estimate of drug-likeness (QED) is 0.879. The third kappa shape index (κ3) is 3.55. The van der Waals surface area contributed by atoms with Crippen LogP contribution in [0.15, 0.2) is 42.5 Å². The third-order valence-electron chi connectivity index (χ3n) is 3.11. The molecule has 2 rings (SSSR count). The van der Waals surface area contributed by atoms with Crippen LogP contribution in [0.4, 0.5) is 10.1 Å². The zero-order valence-corrected chi connectivity index (χ0v) is 11.2. The molecule has 0 radical (unpaired) electrons. The van der Waals surface area contributed by atoms with E-state index in [1.165, 1.54) is 17.7 Å². The minimum atomic E-state index is -0.608. The van der Waals surface area contributed by atoms with Gasteiger partial charge in [0.1, 0.15) is 5.82 Å². The summed E-state index contributed by atoms with van der Waals surface area (Å²) in [5.41, 5.74) is 3.80. The van der Waals surface area contributed by atoms with Crippen molar-refractivity contribution in [3.63, 3.8) is 0 Å². The first-order valence-electron chi connectivity index (χ1n) is 6.31. The van der Waals surface area contributed by atoms with Crippen molar-refractivity contribution in [3.8, 4) is 0 Å². The van der Waals surface area contributed by atoms with Gasteiger partial charge in [0.25, 0.3) is 0 Å². The highest BCUT2D eigenvalue weighted by Gasteiger charge is 2.10. The van der Waals surface area contributed by atoms with Crippen LogP contribution in [0, 0.1) is 19.7 Å². The van der Waals surface area contributed by atoms with E-state index in [-0.39, 0.29) is 5.82 Å². The van der Waals surface area contributed by atoms with Crippen molar-refractivity contribution in [1.82, 2.24) is 0 Å². The lowest BCUT2D eigenvalue weighted by Gasteiger charge is -2.16. The predicted octanol–water partition coefficient (Wildman–Crippen LogP) is 3.59. The Balaban J connectivity index is 2.03. The Bertz CT molecular complexity index is 568. The molecule has 100 valence electrons. The maximum absolute atomic E-state index is 13.0. The van der Waals surface area contributed by atoms with Gasteiger partial charge >= 0.3 is 0 Å². The predicted molar refractivity (Wildman–Crippen MR) is 75.8 cm³/mol. The van der Waals surface area contributed by atoms with Gasteiger partial charge in [-0.2, -0.15) is 0 Å². The van der Waals surface area contributed by atoms with Crippen LogP contribution in [0.1, 0.15) is 22.8 Å². The minimum absolute atomic E-state index is 0.286. The smallest absolute Gasteiger partial charge is 0.125 e. The van der Waals surface area contributed by atoms with Gasteiger partial charge in [0.15, 0.2) is 0 Å². The summed E-state index contributed by atoms with van der Waals surface area (Å²) < 4.78 is 13.0. The topological polar surface area (TPSA) is 32.3 Å². The average Bonchev–Trinajstić information content (AvgIpc) is 2.36. The van der Waals surface area contributed by atoms with E-state index in [2.05, 4.69) is 5.32 Å². The van der Waals surface area contributed by atoms with E-state index in [0.29, 0.717) is 12.2 Å². The van der Waals surface area contributed by atoms with Crippen LogP contribution < -0.4 is 5.32 Å². The molecule has 1 unspecified atom stereocenters. The molecule has 0 aromatic heterocycles. The lowest BCUT2D eigenvalue weighted by atomic mass is 10.0. The van der Waals surface area contributed by atoms with E-state index in [1.807, 2.05) is 32.0 Å².